The van der Waals surface area contributed by atoms with E-state index in [4.69, 9.17) is 0 Å². The summed E-state index contributed by atoms with van der Waals surface area (Å²) in [4.78, 5) is 11.5. The molecule has 0 atom stereocenters. The van der Waals surface area contributed by atoms with Crippen LogP contribution in [0.3, 0.4) is 0 Å². The van der Waals surface area contributed by atoms with E-state index in [1.807, 2.05) is 24.3 Å². The first-order valence-electron chi connectivity index (χ1n) is 6.73. The molecule has 0 radical (unpaired) electrons. The molecule has 0 saturated carbocycles. The van der Waals surface area contributed by atoms with Crippen molar-refractivity contribution in [3.63, 3.8) is 0 Å². The molecule has 2 aromatic rings. The van der Waals surface area contributed by atoms with E-state index in [2.05, 4.69) is 42.7 Å². The minimum atomic E-state index is -0.0564. The fourth-order valence-corrected chi connectivity index (χ4v) is 2.06. The topological polar surface area (TPSA) is 41.1 Å². The number of hydrogen-bond acceptors (Lipinski definition) is 2. The van der Waals surface area contributed by atoms with E-state index in [-0.39, 0.29) is 5.91 Å². The number of benzene rings is 2. The molecule has 2 rings (SSSR count). The molecule has 0 unspecified atom stereocenters. The molecule has 0 fully saturated rings. The molecule has 0 saturated heterocycles. The van der Waals surface area contributed by atoms with Crippen molar-refractivity contribution in [2.75, 3.05) is 12.4 Å². The minimum Gasteiger partial charge on any atom is -0.381 e. The Morgan fingerprint density at radius 1 is 1.05 bits per heavy atom. The highest BCUT2D eigenvalue weighted by Gasteiger charge is 2.03. The molecule has 2 aromatic carbocycles. The Balaban J connectivity index is 2.04. The van der Waals surface area contributed by atoms with Crippen LogP contribution in [0, 0.1) is 13.8 Å². The molecule has 0 heterocycles. The van der Waals surface area contributed by atoms with Crippen LogP contribution in [0.2, 0.25) is 0 Å². The predicted molar refractivity (Wildman–Crippen MR) is 83.1 cm³/mol. The van der Waals surface area contributed by atoms with Crippen molar-refractivity contribution in [1.82, 2.24) is 5.32 Å². The lowest BCUT2D eigenvalue weighted by Crippen LogP contribution is -2.17. The second-order valence-electron chi connectivity index (χ2n) is 4.88. The monoisotopic (exact) mass is 268 g/mol. The molecule has 3 heteroatoms. The van der Waals surface area contributed by atoms with E-state index in [0.717, 1.165) is 17.8 Å². The Kier molecular flexibility index (Phi) is 4.41. The summed E-state index contributed by atoms with van der Waals surface area (Å²) in [6, 6.07) is 13.9. The molecule has 1 amide bonds. The van der Waals surface area contributed by atoms with Crippen LogP contribution in [-0.4, -0.2) is 13.0 Å². The highest BCUT2D eigenvalue weighted by molar-refractivity contribution is 5.93. The van der Waals surface area contributed by atoms with Gasteiger partial charge < -0.3 is 10.6 Å². The van der Waals surface area contributed by atoms with Gasteiger partial charge in [-0.2, -0.15) is 0 Å². The number of anilines is 1. The second kappa shape index (κ2) is 6.24. The van der Waals surface area contributed by atoms with Crippen molar-refractivity contribution in [2.45, 2.75) is 20.4 Å². The zero-order valence-electron chi connectivity index (χ0n) is 12.2. The fourth-order valence-electron chi connectivity index (χ4n) is 2.06. The fraction of sp³-hybridized carbons (Fsp3) is 0.235. The van der Waals surface area contributed by atoms with Gasteiger partial charge in [-0.25, -0.2) is 0 Å². The van der Waals surface area contributed by atoms with E-state index in [1.165, 1.54) is 11.1 Å². The summed E-state index contributed by atoms with van der Waals surface area (Å²) in [5.41, 5.74) is 5.54. The normalized spacial score (nSPS) is 10.2. The maximum Gasteiger partial charge on any atom is 0.251 e. The first kappa shape index (κ1) is 14.1. The number of aryl methyl sites for hydroxylation is 1. The largest absolute Gasteiger partial charge is 0.381 e. The zero-order valence-corrected chi connectivity index (χ0v) is 12.2. The lowest BCUT2D eigenvalue weighted by molar-refractivity contribution is 0.0963. The van der Waals surface area contributed by atoms with Crippen LogP contribution in [-0.2, 0) is 6.54 Å². The average molecular weight is 268 g/mol. The number of nitrogens with one attached hydrogen (secondary N) is 2. The Morgan fingerprint density at radius 3 is 2.40 bits per heavy atom. The first-order chi connectivity index (χ1) is 9.61. The van der Waals surface area contributed by atoms with Gasteiger partial charge in [-0.1, -0.05) is 24.3 Å². The van der Waals surface area contributed by atoms with Crippen LogP contribution in [0.25, 0.3) is 0 Å². The smallest absolute Gasteiger partial charge is 0.251 e. The SMILES string of the molecule is CNC(=O)c1ccc(CNc2cccc(C)c2C)cc1. The van der Waals surface area contributed by atoms with Gasteiger partial charge in [0.15, 0.2) is 0 Å². The third-order valence-electron chi connectivity index (χ3n) is 3.53. The molecule has 3 nitrogen and oxygen atoms in total. The van der Waals surface area contributed by atoms with Crippen LogP contribution in [0.4, 0.5) is 5.69 Å². The predicted octanol–water partition coefficient (Wildman–Crippen LogP) is 3.28. The van der Waals surface area contributed by atoms with Gasteiger partial charge in [0.25, 0.3) is 5.91 Å². The molecule has 0 aliphatic rings. The van der Waals surface area contributed by atoms with Crippen molar-refractivity contribution in [1.29, 1.82) is 0 Å². The van der Waals surface area contributed by atoms with E-state index in [9.17, 15) is 4.79 Å². The molecular weight excluding hydrogens is 248 g/mol. The summed E-state index contributed by atoms with van der Waals surface area (Å²) in [5.74, 6) is -0.0564. The molecule has 0 spiro atoms. The van der Waals surface area contributed by atoms with Gasteiger partial charge in [-0.05, 0) is 48.7 Å². The van der Waals surface area contributed by atoms with Crippen molar-refractivity contribution in [2.24, 2.45) is 0 Å². The highest BCUT2D eigenvalue weighted by Crippen LogP contribution is 2.18. The summed E-state index contributed by atoms with van der Waals surface area (Å²) >= 11 is 0. The minimum absolute atomic E-state index is 0.0564. The van der Waals surface area contributed by atoms with Gasteiger partial charge in [0.05, 0.1) is 0 Å². The molecule has 104 valence electrons. The number of hydrogen-bond donors (Lipinski definition) is 2. The van der Waals surface area contributed by atoms with Crippen molar-refractivity contribution in [3.8, 4) is 0 Å². The number of amides is 1. The molecular formula is C17H20N2O. The molecule has 0 aliphatic carbocycles. The van der Waals surface area contributed by atoms with Crippen LogP contribution in [0.15, 0.2) is 42.5 Å². The quantitative estimate of drug-likeness (QED) is 0.893. The Labute approximate surface area is 120 Å². The highest BCUT2D eigenvalue weighted by atomic mass is 16.1. The van der Waals surface area contributed by atoms with E-state index >= 15 is 0 Å². The number of rotatable bonds is 4. The molecule has 20 heavy (non-hydrogen) atoms. The summed E-state index contributed by atoms with van der Waals surface area (Å²) in [7, 11) is 1.64. The Morgan fingerprint density at radius 2 is 1.75 bits per heavy atom. The second-order valence-corrected chi connectivity index (χ2v) is 4.88. The van der Waals surface area contributed by atoms with Crippen LogP contribution in [0.1, 0.15) is 27.0 Å². The zero-order chi connectivity index (χ0) is 14.5. The first-order valence-corrected chi connectivity index (χ1v) is 6.73. The van der Waals surface area contributed by atoms with E-state index < -0.39 is 0 Å². The van der Waals surface area contributed by atoms with Crippen LogP contribution < -0.4 is 10.6 Å². The summed E-state index contributed by atoms with van der Waals surface area (Å²) < 4.78 is 0. The number of carbonyl (C=O) groups is 1. The average Bonchev–Trinajstić information content (AvgIpc) is 2.48. The Hall–Kier alpha value is -2.29. The van der Waals surface area contributed by atoms with Gasteiger partial charge in [-0.3, -0.25) is 4.79 Å². The summed E-state index contributed by atoms with van der Waals surface area (Å²) in [6.07, 6.45) is 0. The number of carbonyl (C=O) groups excluding carboxylic acids is 1. The molecule has 0 aromatic heterocycles. The van der Waals surface area contributed by atoms with E-state index in [1.54, 1.807) is 7.05 Å². The van der Waals surface area contributed by atoms with Gasteiger partial charge in [-0.15, -0.1) is 0 Å². The lowest BCUT2D eigenvalue weighted by Gasteiger charge is -2.11. The third-order valence-corrected chi connectivity index (χ3v) is 3.53. The maximum atomic E-state index is 11.5. The van der Waals surface area contributed by atoms with Gasteiger partial charge in [0, 0.05) is 24.8 Å². The van der Waals surface area contributed by atoms with E-state index in [0.29, 0.717) is 5.56 Å². The van der Waals surface area contributed by atoms with Crippen LogP contribution in [0.5, 0.6) is 0 Å². The Bertz CT molecular complexity index is 603. The summed E-state index contributed by atoms with van der Waals surface area (Å²) in [5, 5.41) is 6.05. The molecule has 0 aliphatic heterocycles. The standard InChI is InChI=1S/C17H20N2O/c1-12-5-4-6-16(13(12)2)19-11-14-7-9-15(10-8-14)17(20)18-3/h4-10,19H,11H2,1-3H3,(H,18,20). The van der Waals surface area contributed by atoms with Crippen molar-refractivity contribution >= 4 is 11.6 Å². The van der Waals surface area contributed by atoms with Gasteiger partial charge in [0.2, 0.25) is 0 Å². The lowest BCUT2D eigenvalue weighted by atomic mass is 10.1. The van der Waals surface area contributed by atoms with Crippen molar-refractivity contribution < 1.29 is 4.79 Å². The third kappa shape index (κ3) is 3.18. The van der Waals surface area contributed by atoms with Gasteiger partial charge >= 0.3 is 0 Å². The molecule has 2 N–H and O–H groups in total. The van der Waals surface area contributed by atoms with Crippen LogP contribution >= 0.6 is 0 Å². The maximum absolute atomic E-state index is 11.5. The van der Waals surface area contributed by atoms with Gasteiger partial charge in [0.1, 0.15) is 0 Å². The van der Waals surface area contributed by atoms with Crippen molar-refractivity contribution in [3.05, 3.63) is 64.7 Å². The molecule has 0 bridgehead atoms. The summed E-state index contributed by atoms with van der Waals surface area (Å²) in [6.45, 7) is 4.98.